The fourth-order valence-corrected chi connectivity index (χ4v) is 4.11. The minimum atomic E-state index is -3.25. The van der Waals surface area contributed by atoms with Gasteiger partial charge in [-0.1, -0.05) is 18.2 Å². The maximum absolute atomic E-state index is 13.7. The molecular formula is C23H19F2NO4S. The number of ether oxygens (including phenoxy) is 1. The smallest absolute Gasteiger partial charge is 0.254 e. The van der Waals surface area contributed by atoms with Crippen LogP contribution in [-0.4, -0.2) is 33.2 Å². The lowest BCUT2D eigenvalue weighted by Gasteiger charge is -2.12. The molecule has 160 valence electrons. The lowest BCUT2D eigenvalue weighted by atomic mass is 10.0. The molecule has 1 amide bonds. The van der Waals surface area contributed by atoms with Gasteiger partial charge in [-0.15, -0.1) is 0 Å². The molecule has 5 nitrogen and oxygen atoms in total. The van der Waals surface area contributed by atoms with Crippen LogP contribution in [0.4, 0.5) is 8.78 Å². The molecule has 1 aliphatic heterocycles. The summed E-state index contributed by atoms with van der Waals surface area (Å²) >= 11 is 0. The van der Waals surface area contributed by atoms with Crippen LogP contribution in [0.5, 0.6) is 5.75 Å². The number of rotatable bonds is 5. The minimum absolute atomic E-state index is 0.169. The lowest BCUT2D eigenvalue weighted by Crippen LogP contribution is -2.34. The van der Waals surface area contributed by atoms with E-state index in [-0.39, 0.29) is 23.1 Å². The number of amides is 1. The van der Waals surface area contributed by atoms with Crippen molar-refractivity contribution in [2.24, 2.45) is 0 Å². The van der Waals surface area contributed by atoms with E-state index in [1.165, 1.54) is 0 Å². The van der Waals surface area contributed by atoms with Crippen LogP contribution in [0.2, 0.25) is 0 Å². The molecule has 3 aromatic rings. The van der Waals surface area contributed by atoms with E-state index in [9.17, 15) is 22.0 Å². The summed E-state index contributed by atoms with van der Waals surface area (Å²) in [4.78, 5) is 12.4. The normalized spacial score (nSPS) is 15.3. The first kappa shape index (κ1) is 21.0. The molecule has 3 aromatic carbocycles. The van der Waals surface area contributed by atoms with Gasteiger partial charge in [0, 0.05) is 18.7 Å². The Bertz CT molecular complexity index is 1260. The SMILES string of the molecule is CS(=O)(=O)c1ccc(-c2ccc3c(c2)C[C@@H](CNC(=O)c2ccc(F)cc2F)O3)cc1. The predicted molar refractivity (Wildman–Crippen MR) is 112 cm³/mol. The molecule has 1 aliphatic rings. The van der Waals surface area contributed by atoms with E-state index in [1.54, 1.807) is 24.3 Å². The van der Waals surface area contributed by atoms with Crippen LogP contribution in [0.15, 0.2) is 65.6 Å². The number of halogens is 2. The highest BCUT2D eigenvalue weighted by Crippen LogP contribution is 2.33. The molecule has 0 unspecified atom stereocenters. The fraction of sp³-hybridized carbons (Fsp3) is 0.174. The van der Waals surface area contributed by atoms with Gasteiger partial charge in [0.1, 0.15) is 23.5 Å². The highest BCUT2D eigenvalue weighted by molar-refractivity contribution is 7.90. The van der Waals surface area contributed by atoms with Gasteiger partial charge in [-0.3, -0.25) is 4.79 Å². The van der Waals surface area contributed by atoms with Crippen LogP contribution < -0.4 is 10.1 Å². The predicted octanol–water partition coefficient (Wildman–Crippen LogP) is 3.77. The van der Waals surface area contributed by atoms with E-state index in [0.29, 0.717) is 18.2 Å². The molecular weight excluding hydrogens is 424 g/mol. The Morgan fingerprint density at radius 3 is 2.42 bits per heavy atom. The molecule has 4 rings (SSSR count). The van der Waals surface area contributed by atoms with E-state index in [1.807, 2.05) is 18.2 Å². The average Bonchev–Trinajstić information content (AvgIpc) is 3.13. The van der Waals surface area contributed by atoms with E-state index in [4.69, 9.17) is 4.74 Å². The fourth-order valence-electron chi connectivity index (χ4n) is 3.48. The van der Waals surface area contributed by atoms with Crippen LogP contribution in [0, 0.1) is 11.6 Å². The summed E-state index contributed by atoms with van der Waals surface area (Å²) in [6.07, 6.45) is 1.40. The maximum Gasteiger partial charge on any atom is 0.254 e. The van der Waals surface area contributed by atoms with Crippen LogP contribution in [-0.2, 0) is 16.3 Å². The van der Waals surface area contributed by atoms with Crippen molar-refractivity contribution in [3.05, 3.63) is 83.4 Å². The zero-order chi connectivity index (χ0) is 22.2. The van der Waals surface area contributed by atoms with Crippen LogP contribution in [0.1, 0.15) is 15.9 Å². The molecule has 1 atom stereocenters. The van der Waals surface area contributed by atoms with Crippen LogP contribution in [0.25, 0.3) is 11.1 Å². The maximum atomic E-state index is 13.7. The van der Waals surface area contributed by atoms with Gasteiger partial charge in [0.15, 0.2) is 9.84 Å². The quantitative estimate of drug-likeness (QED) is 0.652. The molecule has 0 aliphatic carbocycles. The Morgan fingerprint density at radius 2 is 1.74 bits per heavy atom. The van der Waals surface area contributed by atoms with Gasteiger partial charge >= 0.3 is 0 Å². The van der Waals surface area contributed by atoms with Crippen molar-refractivity contribution in [3.8, 4) is 16.9 Å². The molecule has 1 heterocycles. The molecule has 0 spiro atoms. The molecule has 1 N–H and O–H groups in total. The van der Waals surface area contributed by atoms with Crippen molar-refractivity contribution in [3.63, 3.8) is 0 Å². The first-order valence-electron chi connectivity index (χ1n) is 9.54. The zero-order valence-electron chi connectivity index (χ0n) is 16.6. The van der Waals surface area contributed by atoms with Crippen molar-refractivity contribution in [2.45, 2.75) is 17.4 Å². The van der Waals surface area contributed by atoms with Gasteiger partial charge in [0.05, 0.1) is 17.0 Å². The summed E-state index contributed by atoms with van der Waals surface area (Å²) in [5.41, 5.74) is 2.52. The Labute approximate surface area is 178 Å². The number of hydrogen-bond donors (Lipinski definition) is 1. The highest BCUT2D eigenvalue weighted by atomic mass is 32.2. The number of benzene rings is 3. The zero-order valence-corrected chi connectivity index (χ0v) is 17.4. The van der Waals surface area contributed by atoms with Gasteiger partial charge in [-0.2, -0.15) is 0 Å². The largest absolute Gasteiger partial charge is 0.488 e. The van der Waals surface area contributed by atoms with E-state index < -0.39 is 27.4 Å². The number of sulfone groups is 1. The highest BCUT2D eigenvalue weighted by Gasteiger charge is 2.24. The third kappa shape index (κ3) is 4.59. The van der Waals surface area contributed by atoms with Crippen molar-refractivity contribution < 1.29 is 26.7 Å². The summed E-state index contributed by atoms with van der Waals surface area (Å²) in [7, 11) is -3.25. The molecule has 8 heteroatoms. The average molecular weight is 443 g/mol. The second-order valence-corrected chi connectivity index (χ2v) is 9.41. The van der Waals surface area contributed by atoms with Crippen molar-refractivity contribution >= 4 is 15.7 Å². The Morgan fingerprint density at radius 1 is 1.03 bits per heavy atom. The van der Waals surface area contributed by atoms with E-state index in [0.717, 1.165) is 35.1 Å². The Balaban J connectivity index is 1.42. The minimum Gasteiger partial charge on any atom is -0.488 e. The molecule has 0 saturated carbocycles. The monoisotopic (exact) mass is 443 g/mol. The third-order valence-electron chi connectivity index (χ3n) is 5.08. The van der Waals surface area contributed by atoms with Crippen molar-refractivity contribution in [1.29, 1.82) is 0 Å². The molecule has 31 heavy (non-hydrogen) atoms. The summed E-state index contributed by atoms with van der Waals surface area (Å²) in [6.45, 7) is 0.169. The van der Waals surface area contributed by atoms with E-state index >= 15 is 0 Å². The summed E-state index contributed by atoms with van der Waals surface area (Å²) in [5, 5.41) is 2.62. The van der Waals surface area contributed by atoms with Gasteiger partial charge in [0.25, 0.3) is 5.91 Å². The standard InChI is InChI=1S/C23H19F2NO4S/c1-31(28,29)19-6-2-14(3-7-19)15-4-9-22-16(10-15)11-18(30-22)13-26-23(27)20-8-5-17(24)12-21(20)25/h2-10,12,18H,11,13H2,1H3,(H,26,27)/t18-/m0/s1. The second kappa shape index (κ2) is 8.11. The first-order chi connectivity index (χ1) is 14.7. The lowest BCUT2D eigenvalue weighted by molar-refractivity contribution is 0.0929. The Hall–Kier alpha value is -3.26. The van der Waals surface area contributed by atoms with Gasteiger partial charge in [-0.05, 0) is 53.1 Å². The molecule has 0 aromatic heterocycles. The number of hydrogen-bond acceptors (Lipinski definition) is 4. The molecule has 0 fully saturated rings. The molecule has 0 radical (unpaired) electrons. The van der Waals surface area contributed by atoms with Gasteiger partial charge in [-0.25, -0.2) is 17.2 Å². The summed E-state index contributed by atoms with van der Waals surface area (Å²) in [5.74, 6) is -1.60. The number of carbonyl (C=O) groups excluding carboxylic acids is 1. The summed E-state index contributed by atoms with van der Waals surface area (Å²) in [6, 6.07) is 15.1. The topological polar surface area (TPSA) is 72.5 Å². The Kier molecular flexibility index (Phi) is 5.49. The van der Waals surface area contributed by atoms with E-state index in [2.05, 4.69) is 5.32 Å². The van der Waals surface area contributed by atoms with Crippen molar-refractivity contribution in [2.75, 3.05) is 12.8 Å². The molecule has 0 saturated heterocycles. The van der Waals surface area contributed by atoms with Gasteiger partial charge < -0.3 is 10.1 Å². The first-order valence-corrected chi connectivity index (χ1v) is 11.4. The summed E-state index contributed by atoms with van der Waals surface area (Å²) < 4.78 is 55.8. The van der Waals surface area contributed by atoms with Crippen LogP contribution >= 0.6 is 0 Å². The molecule has 0 bridgehead atoms. The number of nitrogens with one attached hydrogen (secondary N) is 1. The third-order valence-corrected chi connectivity index (χ3v) is 6.21. The second-order valence-electron chi connectivity index (χ2n) is 7.40. The number of carbonyl (C=O) groups is 1. The van der Waals surface area contributed by atoms with Gasteiger partial charge in [0.2, 0.25) is 0 Å². The van der Waals surface area contributed by atoms with Crippen LogP contribution in [0.3, 0.4) is 0 Å². The van der Waals surface area contributed by atoms with Crippen molar-refractivity contribution in [1.82, 2.24) is 5.32 Å². The number of fused-ring (bicyclic) bond motifs is 1.